The van der Waals surface area contributed by atoms with Gasteiger partial charge in [0, 0.05) is 25.7 Å². The van der Waals surface area contributed by atoms with Crippen LogP contribution in [0.2, 0.25) is 0 Å². The lowest BCUT2D eigenvalue weighted by Crippen LogP contribution is -2.55. The van der Waals surface area contributed by atoms with Crippen LogP contribution < -0.4 is 14.4 Å². The Morgan fingerprint density at radius 2 is 2.06 bits per heavy atom. The van der Waals surface area contributed by atoms with E-state index in [9.17, 15) is 18.0 Å². The minimum atomic E-state index is -4.60. The van der Waals surface area contributed by atoms with E-state index in [0.29, 0.717) is 49.6 Å². The number of ether oxygens (including phenoxy) is 2. The Balaban J connectivity index is 1.41. The average Bonchev–Trinajstić information content (AvgIpc) is 3.37. The van der Waals surface area contributed by atoms with Crippen molar-refractivity contribution in [3.8, 4) is 11.8 Å². The molecule has 1 fully saturated rings. The molecule has 5 rings (SSSR count). The van der Waals surface area contributed by atoms with Crippen molar-refractivity contribution < 1.29 is 27.4 Å². The summed E-state index contributed by atoms with van der Waals surface area (Å²) < 4.78 is 51.8. The molecule has 36 heavy (non-hydrogen) atoms. The highest BCUT2D eigenvalue weighted by Crippen LogP contribution is 2.38. The Bertz CT molecular complexity index is 1200. The number of halogens is 3. The van der Waals surface area contributed by atoms with Crippen LogP contribution in [0.3, 0.4) is 0 Å². The summed E-state index contributed by atoms with van der Waals surface area (Å²) in [5.41, 5.74) is -0.00483. The van der Waals surface area contributed by atoms with E-state index in [4.69, 9.17) is 9.47 Å². The molecule has 2 aromatic rings. The SMILES string of the molecule is COc1ncc(N2CCc3ncnc(OC4CCCN4C4(C=O)C=CC=NC4)c3C2)cc1C(F)(F)F. The lowest BCUT2D eigenvalue weighted by Gasteiger charge is -2.39. The van der Waals surface area contributed by atoms with Crippen molar-refractivity contribution in [1.82, 2.24) is 19.9 Å². The number of aliphatic imine (C=N–C) groups is 1. The predicted molar refractivity (Wildman–Crippen MR) is 124 cm³/mol. The number of hydrogen-bond acceptors (Lipinski definition) is 9. The topological polar surface area (TPSA) is 93.0 Å². The molecule has 3 aliphatic heterocycles. The first kappa shape index (κ1) is 24.2. The summed E-state index contributed by atoms with van der Waals surface area (Å²) in [7, 11) is 1.16. The van der Waals surface area contributed by atoms with Gasteiger partial charge in [0.25, 0.3) is 0 Å². The third kappa shape index (κ3) is 4.41. The molecule has 0 aromatic carbocycles. The maximum atomic E-state index is 13.5. The smallest absolute Gasteiger partial charge is 0.421 e. The monoisotopic (exact) mass is 502 g/mol. The zero-order valence-corrected chi connectivity index (χ0v) is 19.6. The number of dihydropyridines is 1. The Kier molecular flexibility index (Phi) is 6.37. The number of anilines is 1. The zero-order chi connectivity index (χ0) is 25.3. The molecule has 9 nitrogen and oxygen atoms in total. The molecule has 2 atom stereocenters. The molecule has 3 aliphatic rings. The first-order chi connectivity index (χ1) is 17.3. The maximum Gasteiger partial charge on any atom is 0.421 e. The number of alkyl halides is 3. The Labute approximate surface area is 205 Å². The number of allylic oxidation sites excluding steroid dienone is 1. The lowest BCUT2D eigenvalue weighted by molar-refractivity contribution is -0.139. The molecule has 0 bridgehead atoms. The van der Waals surface area contributed by atoms with Crippen LogP contribution in [0, 0.1) is 0 Å². The fourth-order valence-electron chi connectivity index (χ4n) is 4.93. The minimum absolute atomic E-state index is 0.257. The average molecular weight is 502 g/mol. The minimum Gasteiger partial charge on any atom is -0.481 e. The highest BCUT2D eigenvalue weighted by atomic mass is 19.4. The molecule has 0 saturated carbocycles. The third-order valence-corrected chi connectivity index (χ3v) is 6.77. The van der Waals surface area contributed by atoms with Crippen molar-refractivity contribution in [3.05, 3.63) is 47.6 Å². The van der Waals surface area contributed by atoms with Gasteiger partial charge in [0.2, 0.25) is 11.8 Å². The van der Waals surface area contributed by atoms with Gasteiger partial charge in [-0.25, -0.2) is 15.0 Å². The van der Waals surface area contributed by atoms with Crippen molar-refractivity contribution in [2.24, 2.45) is 4.99 Å². The number of likely N-dealkylation sites (tertiary alicyclic amines) is 1. The summed E-state index contributed by atoms with van der Waals surface area (Å²) in [4.78, 5) is 32.7. The Morgan fingerprint density at radius 1 is 1.19 bits per heavy atom. The second kappa shape index (κ2) is 9.49. The number of rotatable bonds is 6. The molecule has 0 spiro atoms. The normalized spacial score (nSPS) is 24.0. The first-order valence-electron chi connectivity index (χ1n) is 11.6. The van der Waals surface area contributed by atoms with Gasteiger partial charge in [-0.15, -0.1) is 0 Å². The molecule has 2 aromatic heterocycles. The fourth-order valence-corrected chi connectivity index (χ4v) is 4.93. The first-order valence-corrected chi connectivity index (χ1v) is 11.6. The lowest BCUT2D eigenvalue weighted by atomic mass is 9.97. The summed E-state index contributed by atoms with van der Waals surface area (Å²) in [6, 6.07) is 1.05. The number of pyridine rings is 1. The maximum absolute atomic E-state index is 13.5. The van der Waals surface area contributed by atoms with Crippen LogP contribution in [0.4, 0.5) is 18.9 Å². The zero-order valence-electron chi connectivity index (χ0n) is 19.6. The molecule has 0 N–H and O–H groups in total. The number of methoxy groups -OCH3 is 1. The standard InChI is InChI=1S/C24H25F3N6O3/c1-35-22-18(24(25,26)27)10-16(11-29-22)32-9-5-19-17(12-32)21(31-15-30-19)36-20-4-2-8-33(20)23(14-34)6-3-7-28-13-23/h3,6-7,10-11,14-15,20H,2,4-5,8-9,12-13H2,1H3. The number of aldehydes is 1. The van der Waals surface area contributed by atoms with Crippen molar-refractivity contribution in [1.29, 1.82) is 0 Å². The van der Waals surface area contributed by atoms with E-state index in [1.807, 2.05) is 11.0 Å². The van der Waals surface area contributed by atoms with Gasteiger partial charge in [0.05, 0.1) is 43.3 Å². The van der Waals surface area contributed by atoms with E-state index in [2.05, 4.69) is 19.9 Å². The highest BCUT2D eigenvalue weighted by molar-refractivity contribution is 5.79. The van der Waals surface area contributed by atoms with Crippen LogP contribution in [-0.4, -0.2) is 70.9 Å². The van der Waals surface area contributed by atoms with E-state index in [1.165, 1.54) is 12.5 Å². The molecule has 190 valence electrons. The van der Waals surface area contributed by atoms with Crippen LogP contribution >= 0.6 is 0 Å². The number of carbonyl (C=O) groups excluding carboxylic acids is 1. The van der Waals surface area contributed by atoms with E-state index >= 15 is 0 Å². The van der Waals surface area contributed by atoms with Crippen LogP contribution in [0.25, 0.3) is 0 Å². The van der Waals surface area contributed by atoms with Crippen LogP contribution in [0.15, 0.2) is 35.7 Å². The summed E-state index contributed by atoms with van der Waals surface area (Å²) in [6.45, 7) is 1.70. The largest absolute Gasteiger partial charge is 0.481 e. The van der Waals surface area contributed by atoms with Gasteiger partial charge in [0.1, 0.15) is 23.7 Å². The molecule has 0 radical (unpaired) electrons. The van der Waals surface area contributed by atoms with Crippen molar-refractivity contribution in [2.75, 3.05) is 31.6 Å². The van der Waals surface area contributed by atoms with Gasteiger partial charge in [-0.2, -0.15) is 13.2 Å². The molecule has 1 saturated heterocycles. The number of nitrogens with zero attached hydrogens (tertiary/aromatic N) is 6. The second-order valence-electron chi connectivity index (χ2n) is 8.89. The number of hydrogen-bond donors (Lipinski definition) is 0. The van der Waals surface area contributed by atoms with Crippen molar-refractivity contribution >= 4 is 18.2 Å². The van der Waals surface area contributed by atoms with Gasteiger partial charge in [-0.05, 0) is 25.0 Å². The van der Waals surface area contributed by atoms with Gasteiger partial charge < -0.3 is 19.2 Å². The summed E-state index contributed by atoms with van der Waals surface area (Å²) in [5, 5.41) is 0. The molecule has 0 aliphatic carbocycles. The summed E-state index contributed by atoms with van der Waals surface area (Å²) >= 11 is 0. The van der Waals surface area contributed by atoms with Gasteiger partial charge in [0.15, 0.2) is 6.23 Å². The van der Waals surface area contributed by atoms with Crippen LogP contribution in [0.5, 0.6) is 11.8 Å². The van der Waals surface area contributed by atoms with Crippen molar-refractivity contribution in [3.63, 3.8) is 0 Å². The molecular formula is C24H25F3N6O3. The molecule has 2 unspecified atom stereocenters. The third-order valence-electron chi connectivity index (χ3n) is 6.77. The van der Waals surface area contributed by atoms with E-state index < -0.39 is 29.4 Å². The van der Waals surface area contributed by atoms with Gasteiger partial charge >= 0.3 is 6.18 Å². The molecular weight excluding hydrogens is 477 g/mol. The van der Waals surface area contributed by atoms with Gasteiger partial charge in [-0.1, -0.05) is 6.08 Å². The second-order valence-corrected chi connectivity index (χ2v) is 8.89. The van der Waals surface area contributed by atoms with E-state index in [1.54, 1.807) is 17.2 Å². The van der Waals surface area contributed by atoms with E-state index in [-0.39, 0.29) is 6.54 Å². The Hall–Kier alpha value is -3.54. The van der Waals surface area contributed by atoms with Crippen LogP contribution in [0.1, 0.15) is 29.7 Å². The number of fused-ring (bicyclic) bond motifs is 1. The van der Waals surface area contributed by atoms with E-state index in [0.717, 1.165) is 31.6 Å². The molecule has 5 heterocycles. The summed E-state index contributed by atoms with van der Waals surface area (Å²) in [5.74, 6) is -0.106. The summed E-state index contributed by atoms with van der Waals surface area (Å²) in [6.07, 6.45) is 6.00. The molecule has 0 amide bonds. The molecule has 12 heteroatoms. The van der Waals surface area contributed by atoms with Crippen molar-refractivity contribution in [2.45, 2.75) is 43.8 Å². The van der Waals surface area contributed by atoms with Crippen LogP contribution in [-0.2, 0) is 23.9 Å². The fraction of sp³-hybridized carbons (Fsp3) is 0.458. The number of aromatic nitrogens is 3. The predicted octanol–water partition coefficient (Wildman–Crippen LogP) is 2.84. The highest BCUT2D eigenvalue weighted by Gasteiger charge is 2.43. The quantitative estimate of drug-likeness (QED) is 0.557. The van der Waals surface area contributed by atoms with Gasteiger partial charge in [-0.3, -0.25) is 9.89 Å². The number of carbonyl (C=O) groups is 1. The Morgan fingerprint density at radius 3 is 2.78 bits per heavy atom.